The molecule has 0 radical (unpaired) electrons. The summed E-state index contributed by atoms with van der Waals surface area (Å²) in [5, 5.41) is 21.6. The smallest absolute Gasteiger partial charge is 0.389 e. The molecular weight excluding hydrogens is 591 g/mol. The largest absolute Gasteiger partial charge is 0.494 e. The predicted molar refractivity (Wildman–Crippen MR) is 161 cm³/mol. The Labute approximate surface area is 256 Å². The van der Waals surface area contributed by atoms with Gasteiger partial charge in [0.1, 0.15) is 17.2 Å². The first kappa shape index (κ1) is 31.3. The molecule has 11 heteroatoms. The van der Waals surface area contributed by atoms with Crippen molar-refractivity contribution in [1.82, 2.24) is 0 Å². The maximum atomic E-state index is 12.7. The number of ether oxygens (including phenoxy) is 3. The van der Waals surface area contributed by atoms with Gasteiger partial charge in [0, 0.05) is 18.2 Å². The summed E-state index contributed by atoms with van der Waals surface area (Å²) in [6.07, 6.45) is -1.81. The fraction of sp³-hybridized carbons (Fsp3) is 0.176. The number of esters is 1. The van der Waals surface area contributed by atoms with Crippen molar-refractivity contribution in [1.29, 1.82) is 0 Å². The molecule has 0 aromatic heterocycles. The third kappa shape index (κ3) is 8.49. The summed E-state index contributed by atoms with van der Waals surface area (Å²) in [6, 6.07) is 23.0. The van der Waals surface area contributed by atoms with Crippen LogP contribution in [0.15, 0.2) is 103 Å². The number of benzene rings is 4. The Morgan fingerprint density at radius 2 is 1.58 bits per heavy atom. The summed E-state index contributed by atoms with van der Waals surface area (Å²) in [7, 11) is 0. The molecule has 2 atom stereocenters. The van der Waals surface area contributed by atoms with E-state index in [4.69, 9.17) is 14.2 Å². The van der Waals surface area contributed by atoms with Crippen LogP contribution in [0.1, 0.15) is 28.8 Å². The average molecular weight is 620 g/mol. The molecule has 0 aliphatic carbocycles. The Kier molecular flexibility index (Phi) is 9.50. The Morgan fingerprint density at radius 1 is 0.911 bits per heavy atom. The summed E-state index contributed by atoms with van der Waals surface area (Å²) < 4.78 is 53.3. The van der Waals surface area contributed by atoms with Gasteiger partial charge in [-0.2, -0.15) is 13.2 Å². The van der Waals surface area contributed by atoms with E-state index in [1.165, 1.54) is 23.1 Å². The number of carbonyl (C=O) groups excluding carboxylic acids is 2. The average Bonchev–Trinajstić information content (AvgIpc) is 3.35. The number of hydrogen-bond donors (Lipinski definition) is 2. The molecule has 0 saturated heterocycles. The number of aliphatic hydroxyl groups excluding tert-OH is 2. The molecular formula is C34H28F3NO7. The second kappa shape index (κ2) is 13.7. The van der Waals surface area contributed by atoms with Gasteiger partial charge in [-0.25, -0.2) is 4.79 Å². The van der Waals surface area contributed by atoms with Crippen molar-refractivity contribution < 1.29 is 47.2 Å². The van der Waals surface area contributed by atoms with Gasteiger partial charge in [-0.05, 0) is 95.6 Å². The van der Waals surface area contributed by atoms with Crippen LogP contribution in [0, 0.1) is 0 Å². The highest BCUT2D eigenvalue weighted by molar-refractivity contribution is 6.04. The topological polar surface area (TPSA) is 106 Å². The number of fused-ring (bicyclic) bond motifs is 1. The maximum Gasteiger partial charge on any atom is 0.389 e. The molecule has 8 nitrogen and oxygen atoms in total. The van der Waals surface area contributed by atoms with Crippen molar-refractivity contribution in [3.8, 4) is 17.2 Å². The summed E-state index contributed by atoms with van der Waals surface area (Å²) >= 11 is 0. The highest BCUT2D eigenvalue weighted by Crippen LogP contribution is 2.26. The fourth-order valence-electron chi connectivity index (χ4n) is 4.52. The molecule has 2 N–H and O–H groups in total. The SMILES string of the molecule is O=C(Oc1ccc(/C=C/C(O)Oc2ccc(N3C(=O)C=CC3O)cc2)cc1)c1ccc2cc(OCCCC(F)(F)F)ccc2c1. The maximum absolute atomic E-state index is 12.7. The van der Waals surface area contributed by atoms with E-state index in [1.54, 1.807) is 91.0 Å². The van der Waals surface area contributed by atoms with E-state index in [1.807, 2.05) is 0 Å². The molecule has 1 amide bonds. The lowest BCUT2D eigenvalue weighted by molar-refractivity contribution is -0.136. The van der Waals surface area contributed by atoms with Crippen molar-refractivity contribution in [2.75, 3.05) is 11.5 Å². The first-order chi connectivity index (χ1) is 21.5. The van der Waals surface area contributed by atoms with Crippen molar-refractivity contribution >= 4 is 34.4 Å². The van der Waals surface area contributed by atoms with Crippen LogP contribution < -0.4 is 19.1 Å². The summed E-state index contributed by atoms with van der Waals surface area (Å²) in [6.45, 7) is -0.0535. The Balaban J connectivity index is 1.11. The van der Waals surface area contributed by atoms with Crippen LogP contribution >= 0.6 is 0 Å². The highest BCUT2D eigenvalue weighted by Gasteiger charge is 2.26. The van der Waals surface area contributed by atoms with Gasteiger partial charge in [-0.15, -0.1) is 0 Å². The molecule has 0 fully saturated rings. The molecule has 5 rings (SSSR count). The number of carbonyl (C=O) groups is 2. The van der Waals surface area contributed by atoms with Gasteiger partial charge >= 0.3 is 12.1 Å². The first-order valence-electron chi connectivity index (χ1n) is 13.9. The number of hydrogen-bond acceptors (Lipinski definition) is 7. The van der Waals surface area contributed by atoms with Crippen LogP contribution in [0.4, 0.5) is 18.9 Å². The van der Waals surface area contributed by atoms with Crippen LogP contribution in [0.2, 0.25) is 0 Å². The monoisotopic (exact) mass is 619 g/mol. The van der Waals surface area contributed by atoms with E-state index >= 15 is 0 Å². The van der Waals surface area contributed by atoms with Gasteiger partial charge < -0.3 is 24.4 Å². The summed E-state index contributed by atoms with van der Waals surface area (Å²) in [5.74, 6) is 0.212. The third-order valence-corrected chi connectivity index (χ3v) is 6.75. The van der Waals surface area contributed by atoms with Crippen molar-refractivity contribution in [2.24, 2.45) is 0 Å². The van der Waals surface area contributed by atoms with Crippen molar-refractivity contribution in [3.63, 3.8) is 0 Å². The lowest BCUT2D eigenvalue weighted by atomic mass is 10.1. The Bertz CT molecular complexity index is 1720. The molecule has 45 heavy (non-hydrogen) atoms. The number of nitrogens with zero attached hydrogens (tertiary/aromatic N) is 1. The molecule has 1 aliphatic heterocycles. The quantitative estimate of drug-likeness (QED) is 0.0865. The second-order valence-corrected chi connectivity index (χ2v) is 10.1. The standard InChI is InChI=1S/C34H28F3NO7/c35-34(36,37)18-1-19-43-29-12-7-23-20-25(6-5-24(23)21-29)33(42)45-28-10-2-22(3-11-28)4-17-32(41)44-27-13-8-26(9-14-27)38-30(39)15-16-31(38)40/h2-17,20-21,30,32,39,41H,1,18-19H2/b17-4+. The van der Waals surface area contributed by atoms with Gasteiger partial charge in [0.15, 0.2) is 6.23 Å². The summed E-state index contributed by atoms with van der Waals surface area (Å²) in [5.41, 5.74) is 1.52. The van der Waals surface area contributed by atoms with Crippen molar-refractivity contribution in [2.45, 2.75) is 31.5 Å². The molecule has 1 aliphatic rings. The predicted octanol–water partition coefficient (Wildman–Crippen LogP) is 6.41. The molecule has 1 heterocycles. The molecule has 0 spiro atoms. The van der Waals surface area contributed by atoms with Crippen LogP contribution in [-0.4, -0.2) is 47.4 Å². The zero-order valence-corrected chi connectivity index (χ0v) is 23.7. The minimum Gasteiger partial charge on any atom is -0.494 e. The number of anilines is 1. The molecule has 4 aromatic rings. The minimum atomic E-state index is -4.21. The number of rotatable bonds is 11. The normalized spacial score (nSPS) is 15.5. The molecule has 2 unspecified atom stereocenters. The first-order valence-corrected chi connectivity index (χ1v) is 13.9. The van der Waals surface area contributed by atoms with Gasteiger partial charge in [-0.3, -0.25) is 9.69 Å². The highest BCUT2D eigenvalue weighted by atomic mass is 19.4. The number of halogens is 3. The second-order valence-electron chi connectivity index (χ2n) is 10.1. The Hall–Kier alpha value is -5.13. The molecule has 4 aromatic carbocycles. The zero-order chi connectivity index (χ0) is 32.0. The lowest BCUT2D eigenvalue weighted by Crippen LogP contribution is -2.33. The van der Waals surface area contributed by atoms with Gasteiger partial charge in [0.05, 0.1) is 12.2 Å². The van der Waals surface area contributed by atoms with E-state index in [-0.39, 0.29) is 18.9 Å². The summed E-state index contributed by atoms with van der Waals surface area (Å²) in [4.78, 5) is 25.8. The van der Waals surface area contributed by atoms with Crippen LogP contribution in [-0.2, 0) is 4.79 Å². The van der Waals surface area contributed by atoms with Crippen LogP contribution in [0.5, 0.6) is 17.2 Å². The number of aliphatic hydroxyl groups is 2. The van der Waals surface area contributed by atoms with E-state index in [0.717, 1.165) is 10.8 Å². The van der Waals surface area contributed by atoms with Gasteiger partial charge in [0.2, 0.25) is 6.29 Å². The van der Waals surface area contributed by atoms with Crippen molar-refractivity contribution in [3.05, 3.63) is 114 Å². The van der Waals surface area contributed by atoms with Gasteiger partial charge in [0.25, 0.3) is 5.91 Å². The lowest BCUT2D eigenvalue weighted by Gasteiger charge is -2.20. The van der Waals surface area contributed by atoms with E-state index in [9.17, 15) is 33.0 Å². The minimum absolute atomic E-state index is 0.0535. The third-order valence-electron chi connectivity index (χ3n) is 6.75. The molecule has 0 saturated carbocycles. The van der Waals surface area contributed by atoms with E-state index in [0.29, 0.717) is 34.1 Å². The van der Waals surface area contributed by atoms with E-state index < -0.39 is 31.1 Å². The van der Waals surface area contributed by atoms with Crippen LogP contribution in [0.25, 0.3) is 16.8 Å². The molecule has 0 bridgehead atoms. The fourth-order valence-corrected chi connectivity index (χ4v) is 4.52. The van der Waals surface area contributed by atoms with E-state index in [2.05, 4.69) is 0 Å². The number of amides is 1. The van der Waals surface area contributed by atoms with Gasteiger partial charge in [-0.1, -0.05) is 30.3 Å². The number of alkyl halides is 3. The Morgan fingerprint density at radius 3 is 2.27 bits per heavy atom. The molecule has 232 valence electrons. The van der Waals surface area contributed by atoms with Crippen LogP contribution in [0.3, 0.4) is 0 Å². The zero-order valence-electron chi connectivity index (χ0n) is 23.7.